The highest BCUT2D eigenvalue weighted by Crippen LogP contribution is 2.35. The van der Waals surface area contributed by atoms with E-state index in [0.717, 1.165) is 45.1 Å². The smallest absolute Gasteiger partial charge is 0.261 e. The van der Waals surface area contributed by atoms with Crippen LogP contribution >= 0.6 is 0 Å². The molecule has 1 aromatic rings. The van der Waals surface area contributed by atoms with E-state index in [-0.39, 0.29) is 23.5 Å². The SMILES string of the molecule is COC1(CN[C@H]2CCC[C@H](N3C(=O)c4ccccc4C3=O)C2)CCC1. The Balaban J connectivity index is 1.42. The zero-order valence-electron chi connectivity index (χ0n) is 14.8. The van der Waals surface area contributed by atoms with E-state index >= 15 is 0 Å². The van der Waals surface area contributed by atoms with E-state index in [0.29, 0.717) is 17.2 Å². The Labute approximate surface area is 148 Å². The van der Waals surface area contributed by atoms with Crippen LogP contribution in [0.4, 0.5) is 0 Å². The third kappa shape index (κ3) is 2.89. The van der Waals surface area contributed by atoms with Crippen molar-refractivity contribution in [1.29, 1.82) is 0 Å². The van der Waals surface area contributed by atoms with Crippen molar-refractivity contribution in [1.82, 2.24) is 10.2 Å². The number of nitrogens with one attached hydrogen (secondary N) is 1. The van der Waals surface area contributed by atoms with Gasteiger partial charge in [-0.1, -0.05) is 12.1 Å². The van der Waals surface area contributed by atoms with E-state index in [1.807, 2.05) is 12.1 Å². The van der Waals surface area contributed by atoms with Crippen molar-refractivity contribution in [3.05, 3.63) is 35.4 Å². The van der Waals surface area contributed by atoms with Crippen molar-refractivity contribution in [2.45, 2.75) is 62.6 Å². The molecule has 0 aromatic heterocycles. The Bertz CT molecular complexity index is 643. The number of ether oxygens (including phenoxy) is 1. The van der Waals surface area contributed by atoms with Gasteiger partial charge in [-0.25, -0.2) is 0 Å². The molecule has 2 amide bonds. The van der Waals surface area contributed by atoms with Crippen LogP contribution in [0.5, 0.6) is 0 Å². The Morgan fingerprint density at radius 2 is 1.80 bits per heavy atom. The Kier molecular flexibility index (Phi) is 4.38. The number of carbonyl (C=O) groups excluding carboxylic acids is 2. The standard InChI is InChI=1S/C20H26N2O3/c1-25-20(10-5-11-20)13-21-14-6-4-7-15(12-14)22-18(23)16-8-2-3-9-17(16)19(22)24/h2-3,8-9,14-15,21H,4-7,10-13H2,1H3/t14-,15-/m0/s1. The summed E-state index contributed by atoms with van der Waals surface area (Å²) in [5, 5.41) is 3.65. The molecule has 2 saturated carbocycles. The fourth-order valence-corrected chi connectivity index (χ4v) is 4.48. The number of nitrogens with zero attached hydrogens (tertiary/aromatic N) is 1. The van der Waals surface area contributed by atoms with Crippen molar-refractivity contribution >= 4 is 11.8 Å². The Hall–Kier alpha value is -1.72. The summed E-state index contributed by atoms with van der Waals surface area (Å²) < 4.78 is 5.69. The number of benzene rings is 1. The number of fused-ring (bicyclic) bond motifs is 1. The maximum atomic E-state index is 12.7. The normalized spacial score (nSPS) is 28.0. The van der Waals surface area contributed by atoms with E-state index in [1.165, 1.54) is 11.3 Å². The van der Waals surface area contributed by atoms with Gasteiger partial charge in [0.05, 0.1) is 16.7 Å². The molecule has 4 rings (SSSR count). The lowest BCUT2D eigenvalue weighted by atomic mass is 9.79. The molecule has 5 nitrogen and oxygen atoms in total. The van der Waals surface area contributed by atoms with E-state index < -0.39 is 0 Å². The maximum Gasteiger partial charge on any atom is 0.261 e. The van der Waals surface area contributed by atoms with Crippen molar-refractivity contribution in [2.75, 3.05) is 13.7 Å². The first kappa shape index (κ1) is 16.7. The van der Waals surface area contributed by atoms with Gasteiger partial charge in [0.2, 0.25) is 0 Å². The highest BCUT2D eigenvalue weighted by atomic mass is 16.5. The van der Waals surface area contributed by atoms with Crippen LogP contribution in [0.2, 0.25) is 0 Å². The van der Waals surface area contributed by atoms with Crippen LogP contribution in [0.25, 0.3) is 0 Å². The summed E-state index contributed by atoms with van der Waals surface area (Å²) in [6.45, 7) is 0.864. The summed E-state index contributed by atoms with van der Waals surface area (Å²) in [6, 6.07) is 7.50. The highest BCUT2D eigenvalue weighted by molar-refractivity contribution is 6.21. The first-order chi connectivity index (χ1) is 12.1. The zero-order valence-corrected chi connectivity index (χ0v) is 14.8. The molecule has 1 aliphatic heterocycles. The van der Waals surface area contributed by atoms with E-state index in [1.54, 1.807) is 19.2 Å². The van der Waals surface area contributed by atoms with Crippen LogP contribution in [-0.2, 0) is 4.74 Å². The van der Waals surface area contributed by atoms with Crippen LogP contribution in [0, 0.1) is 0 Å². The number of methoxy groups -OCH3 is 1. The third-order valence-corrected chi connectivity index (χ3v) is 6.25. The summed E-state index contributed by atoms with van der Waals surface area (Å²) in [5.41, 5.74) is 1.11. The predicted octanol–water partition coefficient (Wildman–Crippen LogP) is 2.75. The Morgan fingerprint density at radius 1 is 1.12 bits per heavy atom. The van der Waals surface area contributed by atoms with Crippen molar-refractivity contribution < 1.29 is 14.3 Å². The lowest BCUT2D eigenvalue weighted by molar-refractivity contribution is -0.0717. The largest absolute Gasteiger partial charge is 0.377 e. The van der Waals surface area contributed by atoms with Gasteiger partial charge < -0.3 is 10.1 Å². The second-order valence-corrected chi connectivity index (χ2v) is 7.66. The van der Waals surface area contributed by atoms with Gasteiger partial charge in [0.1, 0.15) is 0 Å². The number of imide groups is 1. The molecule has 0 unspecified atom stereocenters. The lowest BCUT2D eigenvalue weighted by Gasteiger charge is -2.43. The van der Waals surface area contributed by atoms with Crippen LogP contribution in [-0.4, -0.2) is 48.1 Å². The second kappa shape index (κ2) is 6.54. The van der Waals surface area contributed by atoms with Crippen LogP contribution in [0.15, 0.2) is 24.3 Å². The maximum absolute atomic E-state index is 12.7. The van der Waals surface area contributed by atoms with Gasteiger partial charge in [-0.15, -0.1) is 0 Å². The Morgan fingerprint density at radius 3 is 2.36 bits per heavy atom. The molecule has 0 radical (unpaired) electrons. The van der Waals surface area contributed by atoms with Crippen LogP contribution < -0.4 is 5.32 Å². The summed E-state index contributed by atoms with van der Waals surface area (Å²) in [5.74, 6) is -0.253. The molecule has 1 heterocycles. The molecular formula is C20H26N2O3. The first-order valence-electron chi connectivity index (χ1n) is 9.39. The molecule has 1 aromatic carbocycles. The summed E-state index contributed by atoms with van der Waals surface area (Å²) in [4.78, 5) is 26.9. The monoisotopic (exact) mass is 342 g/mol. The molecule has 0 saturated heterocycles. The highest BCUT2D eigenvalue weighted by Gasteiger charge is 2.42. The van der Waals surface area contributed by atoms with Gasteiger partial charge >= 0.3 is 0 Å². The minimum absolute atomic E-state index is 0.00136. The third-order valence-electron chi connectivity index (χ3n) is 6.25. The number of hydrogen-bond acceptors (Lipinski definition) is 4. The average Bonchev–Trinajstić information content (AvgIpc) is 2.86. The zero-order chi connectivity index (χ0) is 17.4. The lowest BCUT2D eigenvalue weighted by Crippen LogP contribution is -2.53. The minimum atomic E-state index is -0.126. The molecule has 0 spiro atoms. The van der Waals surface area contributed by atoms with Crippen LogP contribution in [0.1, 0.15) is 65.7 Å². The molecule has 5 heteroatoms. The van der Waals surface area contributed by atoms with E-state index in [9.17, 15) is 9.59 Å². The minimum Gasteiger partial charge on any atom is -0.377 e. The quantitative estimate of drug-likeness (QED) is 0.836. The fraction of sp³-hybridized carbons (Fsp3) is 0.600. The first-order valence-corrected chi connectivity index (χ1v) is 9.39. The summed E-state index contributed by atoms with van der Waals surface area (Å²) in [7, 11) is 1.79. The number of rotatable bonds is 5. The summed E-state index contributed by atoms with van der Waals surface area (Å²) in [6.07, 6.45) is 7.34. The molecular weight excluding hydrogens is 316 g/mol. The average molecular weight is 342 g/mol. The number of carbonyl (C=O) groups is 2. The van der Waals surface area contributed by atoms with Crippen molar-refractivity contribution in [3.8, 4) is 0 Å². The van der Waals surface area contributed by atoms with Crippen molar-refractivity contribution in [2.24, 2.45) is 0 Å². The van der Waals surface area contributed by atoms with Gasteiger partial charge in [-0.2, -0.15) is 0 Å². The molecule has 2 atom stereocenters. The van der Waals surface area contributed by atoms with Gasteiger partial charge in [0.15, 0.2) is 0 Å². The molecule has 2 aliphatic carbocycles. The molecule has 1 N–H and O–H groups in total. The molecule has 25 heavy (non-hydrogen) atoms. The molecule has 134 valence electrons. The number of hydrogen-bond donors (Lipinski definition) is 1. The van der Waals surface area contributed by atoms with Gasteiger partial charge in [0.25, 0.3) is 11.8 Å². The fourth-order valence-electron chi connectivity index (χ4n) is 4.48. The molecule has 3 aliphatic rings. The van der Waals surface area contributed by atoms with Gasteiger partial charge in [-0.05, 0) is 57.1 Å². The van der Waals surface area contributed by atoms with Crippen LogP contribution in [0.3, 0.4) is 0 Å². The summed E-state index contributed by atoms with van der Waals surface area (Å²) >= 11 is 0. The van der Waals surface area contributed by atoms with E-state index in [4.69, 9.17) is 4.74 Å². The van der Waals surface area contributed by atoms with Gasteiger partial charge in [-0.3, -0.25) is 14.5 Å². The predicted molar refractivity (Wildman–Crippen MR) is 94.6 cm³/mol. The molecule has 0 bridgehead atoms. The van der Waals surface area contributed by atoms with Crippen molar-refractivity contribution in [3.63, 3.8) is 0 Å². The second-order valence-electron chi connectivity index (χ2n) is 7.66. The van der Waals surface area contributed by atoms with E-state index in [2.05, 4.69) is 5.32 Å². The number of amides is 2. The van der Waals surface area contributed by atoms with Gasteiger partial charge in [0, 0.05) is 25.7 Å². The molecule has 2 fully saturated rings. The topological polar surface area (TPSA) is 58.6 Å².